The van der Waals surface area contributed by atoms with Gasteiger partial charge in [0.1, 0.15) is 6.07 Å². The summed E-state index contributed by atoms with van der Waals surface area (Å²) in [5.41, 5.74) is 11.0. The number of nitrogens with zero attached hydrogens (tertiary/aromatic N) is 6. The molecule has 0 aliphatic carbocycles. The molecule has 0 saturated carbocycles. The number of piperazine rings is 5. The zero-order valence-corrected chi connectivity index (χ0v) is 47.7. The molecule has 0 unspecified atom stereocenters. The van der Waals surface area contributed by atoms with Crippen molar-refractivity contribution in [1.29, 1.82) is 5.26 Å². The van der Waals surface area contributed by atoms with Crippen molar-refractivity contribution < 1.29 is 38.0 Å². The Hall–Kier alpha value is -5.63. The Morgan fingerprint density at radius 2 is 0.962 bits per heavy atom. The van der Waals surface area contributed by atoms with Crippen LogP contribution >= 0.6 is 0 Å². The van der Waals surface area contributed by atoms with Crippen molar-refractivity contribution in [3.8, 4) is 17.2 Å². The third-order valence-electron chi connectivity index (χ3n) is 15.4. The molecule has 0 amide bonds. The highest BCUT2D eigenvalue weighted by Gasteiger charge is 2.25. The SMILES string of the molecule is [CH2-][NH+]1CCN(CCCOC)CC1.[CH2-][NH+]1CCN(c2cc(C)ccc2C)CC1.[CH2-][NH+]1CCN(c2ccc(C(C)(F)F)cc2)CC1.[CH2-][NH+]1CCN(c2ccccc2-c2ccccc2)CC1.[CH2-][NH+]1CCN(c2ccccc2C#N)CC1. The van der Waals surface area contributed by atoms with Crippen LogP contribution in [0.1, 0.15) is 35.6 Å². The summed E-state index contributed by atoms with van der Waals surface area (Å²) in [5.74, 6) is -2.76. The zero-order valence-electron chi connectivity index (χ0n) is 47.7. The van der Waals surface area contributed by atoms with Gasteiger partial charge in [-0.05, 0) is 73.4 Å². The third-order valence-corrected chi connectivity index (χ3v) is 15.4. The maximum atomic E-state index is 13.1. The second kappa shape index (κ2) is 31.8. The first-order valence-electron chi connectivity index (χ1n) is 28.3. The van der Waals surface area contributed by atoms with Crippen molar-refractivity contribution in [3.05, 3.63) is 179 Å². The molecule has 0 radical (unpaired) electrons. The van der Waals surface area contributed by atoms with E-state index in [1.54, 1.807) is 19.2 Å². The minimum absolute atomic E-state index is 0.0719. The Bertz CT molecular complexity index is 2500. The van der Waals surface area contributed by atoms with Gasteiger partial charge in [-0.1, -0.05) is 84.9 Å². The van der Waals surface area contributed by atoms with Crippen molar-refractivity contribution in [1.82, 2.24) is 4.90 Å². The van der Waals surface area contributed by atoms with Crippen molar-refractivity contribution in [2.24, 2.45) is 0 Å². The van der Waals surface area contributed by atoms with Gasteiger partial charge in [0.2, 0.25) is 0 Å². The van der Waals surface area contributed by atoms with Gasteiger partial charge in [0, 0.05) is 68.5 Å². The van der Waals surface area contributed by atoms with Crippen molar-refractivity contribution in [2.75, 3.05) is 171 Å². The molecule has 5 saturated heterocycles. The minimum atomic E-state index is -2.76. The third kappa shape index (κ3) is 19.9. The fourth-order valence-electron chi connectivity index (χ4n) is 10.3. The fourth-order valence-corrected chi connectivity index (χ4v) is 10.3. The molecule has 5 heterocycles. The van der Waals surface area contributed by atoms with E-state index >= 15 is 0 Å². The highest BCUT2D eigenvalue weighted by molar-refractivity contribution is 5.78. The summed E-state index contributed by atoms with van der Waals surface area (Å²) in [6.07, 6.45) is 1.16. The van der Waals surface area contributed by atoms with Crippen LogP contribution in [0.3, 0.4) is 0 Å². The summed E-state index contributed by atoms with van der Waals surface area (Å²) in [6, 6.07) is 42.6. The normalized spacial score (nSPS) is 18.2. The standard InChI is InChI=1S/C17H20N2.C13H18F2N2.C13H20N2.C12H15N3.C9H20N2O/c1-18-11-13-19(14-12-18)17-10-6-5-9-16(17)15-7-3-2-4-8-15;1-13(14,15)11-3-5-12(6-4-11)17-9-7-16(2)8-10-17;1-11-4-5-12(2)13(10-11)15-8-6-14(3)7-9-15;1-14-6-8-15(9-7-14)12-5-3-2-4-11(12)10-13;1-10-5-7-11(8-6-10)4-3-9-12-2/h2-10,18H,1,11-14H2;3-6,16H,2,7-10H2,1H3;4-5,10,14H,3,6-9H2,1-2H3;2-5,14H,1,6-9H2;10H,1,3-9H2,2H3. The molecule has 12 nitrogen and oxygen atoms in total. The number of aryl methyl sites for hydroxylation is 2. The first-order chi connectivity index (χ1) is 37.6. The van der Waals surface area contributed by atoms with Crippen molar-refractivity contribution in [3.63, 3.8) is 0 Å². The van der Waals surface area contributed by atoms with E-state index in [1.165, 1.54) is 103 Å². The van der Waals surface area contributed by atoms with Gasteiger partial charge in [0.15, 0.2) is 0 Å². The highest BCUT2D eigenvalue weighted by atomic mass is 19.3. The van der Waals surface area contributed by atoms with Gasteiger partial charge in [0.25, 0.3) is 5.92 Å². The predicted molar refractivity (Wildman–Crippen MR) is 317 cm³/mol. The summed E-state index contributed by atoms with van der Waals surface area (Å²) >= 11 is 0. The molecule has 5 aliphatic heterocycles. The van der Waals surface area contributed by atoms with Gasteiger partial charge in [-0.15, -0.1) is 0 Å². The number of halogens is 2. The highest BCUT2D eigenvalue weighted by Crippen LogP contribution is 2.31. The summed E-state index contributed by atoms with van der Waals surface area (Å²) < 4.78 is 31.1. The number of nitrogens with one attached hydrogen (secondary N) is 5. The number of rotatable bonds is 10. The zero-order chi connectivity index (χ0) is 55.9. The lowest BCUT2D eigenvalue weighted by molar-refractivity contribution is -0.858. The fraction of sp³-hybridized carbons (Fsp3) is 0.438. The van der Waals surface area contributed by atoms with E-state index in [2.05, 4.69) is 152 Å². The van der Waals surface area contributed by atoms with Crippen LogP contribution in [-0.2, 0) is 10.7 Å². The number of quaternary nitrogens is 5. The summed E-state index contributed by atoms with van der Waals surface area (Å²) in [4.78, 5) is 18.7. The van der Waals surface area contributed by atoms with Crippen LogP contribution in [0.2, 0.25) is 0 Å². The molecule has 5 aromatic rings. The minimum Gasteiger partial charge on any atom is -0.466 e. The molecule has 0 aromatic heterocycles. The Morgan fingerprint density at radius 3 is 1.46 bits per heavy atom. The van der Waals surface area contributed by atoms with Crippen LogP contribution in [0.15, 0.2) is 121 Å². The summed E-state index contributed by atoms with van der Waals surface area (Å²) in [7, 11) is 21.9. The summed E-state index contributed by atoms with van der Waals surface area (Å²) in [6.45, 7) is 29.0. The molecule has 0 bridgehead atoms. The number of hydrogen-bond acceptors (Lipinski definition) is 7. The number of para-hydroxylation sites is 2. The number of benzene rings is 5. The Balaban J connectivity index is 0.000000159. The maximum absolute atomic E-state index is 13.1. The molecule has 10 rings (SSSR count). The molecule has 5 aliphatic rings. The molecule has 5 aromatic carbocycles. The summed E-state index contributed by atoms with van der Waals surface area (Å²) in [5, 5.41) is 9.01. The molecule has 424 valence electrons. The quantitative estimate of drug-likeness (QED) is 0.109. The first-order valence-corrected chi connectivity index (χ1v) is 28.3. The molecule has 5 fully saturated rings. The number of anilines is 4. The number of hydrogen-bond donors (Lipinski definition) is 5. The lowest BCUT2D eigenvalue weighted by atomic mass is 10.0. The lowest BCUT2D eigenvalue weighted by Gasteiger charge is -2.36. The molecular weight excluding hydrogens is 977 g/mol. The van der Waals surface area contributed by atoms with Crippen molar-refractivity contribution in [2.45, 2.75) is 33.1 Å². The smallest absolute Gasteiger partial charge is 0.270 e. The Kier molecular flexibility index (Phi) is 25.1. The van der Waals surface area contributed by atoms with E-state index in [0.717, 1.165) is 142 Å². The van der Waals surface area contributed by atoms with Gasteiger partial charge in [-0.2, -0.15) is 40.5 Å². The molecule has 78 heavy (non-hydrogen) atoms. The largest absolute Gasteiger partial charge is 0.466 e. The monoisotopic (exact) mass is 1070 g/mol. The maximum Gasteiger partial charge on any atom is 0.270 e. The van der Waals surface area contributed by atoms with Gasteiger partial charge >= 0.3 is 0 Å². The number of alkyl halides is 2. The second-order valence-electron chi connectivity index (χ2n) is 21.6. The van der Waals surface area contributed by atoms with E-state index in [9.17, 15) is 8.78 Å². The topological polar surface area (TPSA) is 71.4 Å². The molecule has 0 atom stereocenters. The van der Waals surface area contributed by atoms with E-state index in [-0.39, 0.29) is 5.56 Å². The van der Waals surface area contributed by atoms with Crippen LogP contribution in [0.4, 0.5) is 31.5 Å². The predicted octanol–water partition coefficient (Wildman–Crippen LogP) is 3.01. The van der Waals surface area contributed by atoms with Crippen LogP contribution in [0.25, 0.3) is 11.1 Å². The number of nitriles is 1. The van der Waals surface area contributed by atoms with Crippen LogP contribution in [0, 0.1) is 60.4 Å². The average molecular weight is 1070 g/mol. The van der Waals surface area contributed by atoms with Gasteiger partial charge in [-0.25, -0.2) is 8.78 Å². The molecule has 5 N–H and O–H groups in total. The Morgan fingerprint density at radius 1 is 0.526 bits per heavy atom. The van der Waals surface area contributed by atoms with Crippen LogP contribution < -0.4 is 44.1 Å². The number of ether oxygens (including phenoxy) is 1. The Labute approximate surface area is 468 Å². The second-order valence-corrected chi connectivity index (χ2v) is 21.6. The lowest BCUT2D eigenvalue weighted by Crippen LogP contribution is -3.10. The van der Waals surface area contributed by atoms with E-state index in [1.807, 2.05) is 24.3 Å². The van der Waals surface area contributed by atoms with Crippen LogP contribution in [-0.4, -0.2) is 156 Å². The molecule has 0 spiro atoms. The van der Waals surface area contributed by atoms with Gasteiger partial charge < -0.3 is 48.8 Å². The first kappa shape index (κ1) is 61.6. The van der Waals surface area contributed by atoms with E-state index < -0.39 is 5.92 Å². The van der Waals surface area contributed by atoms with Crippen molar-refractivity contribution >= 4 is 22.7 Å². The van der Waals surface area contributed by atoms with E-state index in [4.69, 9.17) is 10.00 Å². The van der Waals surface area contributed by atoms with E-state index in [0.29, 0.717) is 0 Å². The van der Waals surface area contributed by atoms with Gasteiger partial charge in [0.05, 0.1) is 129 Å². The van der Waals surface area contributed by atoms with Crippen LogP contribution in [0.5, 0.6) is 0 Å². The average Bonchev–Trinajstić information content (AvgIpc) is 3.47. The molecular formula is C64H93F2N11O. The molecule has 14 heteroatoms. The number of methoxy groups -OCH3 is 1. The van der Waals surface area contributed by atoms with Gasteiger partial charge in [-0.3, -0.25) is 4.90 Å².